The van der Waals surface area contributed by atoms with Crippen molar-refractivity contribution in [2.24, 2.45) is 0 Å². The first-order chi connectivity index (χ1) is 6.83. The molecule has 1 aromatic heterocycles. The third-order valence-electron chi connectivity index (χ3n) is 1.77. The Labute approximate surface area is 81.8 Å². The topological polar surface area (TPSA) is 66.2 Å². The van der Waals surface area contributed by atoms with E-state index < -0.39 is 0 Å². The van der Waals surface area contributed by atoms with Crippen LogP contribution in [0.25, 0.3) is 0 Å². The molecule has 1 aromatic rings. The van der Waals surface area contributed by atoms with Crippen LogP contribution < -0.4 is 0 Å². The van der Waals surface area contributed by atoms with Crippen LogP contribution in [0, 0.1) is 0 Å². The normalized spacial score (nSPS) is 10.4. The van der Waals surface area contributed by atoms with Crippen molar-refractivity contribution in [3.8, 4) is 0 Å². The number of hydrogen-bond donors (Lipinski definition) is 0. The fourth-order valence-electron chi connectivity index (χ4n) is 1.08. The van der Waals surface area contributed by atoms with Gasteiger partial charge in [0.1, 0.15) is 0 Å². The van der Waals surface area contributed by atoms with Crippen LogP contribution in [-0.4, -0.2) is 42.1 Å². The highest BCUT2D eigenvalue weighted by molar-refractivity contribution is 5.73. The molecule has 0 aliphatic rings. The van der Waals surface area contributed by atoms with E-state index in [1.807, 2.05) is 0 Å². The summed E-state index contributed by atoms with van der Waals surface area (Å²) in [6.07, 6.45) is 0.671. The number of aromatic nitrogens is 3. The Kier molecular flexibility index (Phi) is 4.21. The predicted molar refractivity (Wildman–Crippen MR) is 48.0 cm³/mol. The average Bonchev–Trinajstić information content (AvgIpc) is 2.58. The summed E-state index contributed by atoms with van der Waals surface area (Å²) < 4.78 is 11.5. The second-order valence-corrected chi connectivity index (χ2v) is 2.69. The molecule has 0 aliphatic carbocycles. The van der Waals surface area contributed by atoms with Crippen molar-refractivity contribution in [2.45, 2.75) is 13.2 Å². The first-order valence-electron chi connectivity index (χ1n) is 4.19. The third kappa shape index (κ3) is 2.36. The quantitative estimate of drug-likeness (QED) is 0.598. The van der Waals surface area contributed by atoms with Gasteiger partial charge < -0.3 is 9.47 Å². The van der Waals surface area contributed by atoms with Gasteiger partial charge in [0.2, 0.25) is 0 Å². The van der Waals surface area contributed by atoms with Crippen LogP contribution in [0.3, 0.4) is 0 Å². The Balaban J connectivity index is 2.80. The van der Waals surface area contributed by atoms with Crippen LogP contribution in [-0.2, 0) is 22.6 Å². The molecule has 0 unspecified atom stereocenters. The standard InChI is InChI=1S/C8H13N3O3/c1-13-4-3-11-8(6-14-2)7(5-12)9-10-11/h5H,3-4,6H2,1-2H3. The smallest absolute Gasteiger partial charge is 0.172 e. The summed E-state index contributed by atoms with van der Waals surface area (Å²) >= 11 is 0. The second-order valence-electron chi connectivity index (χ2n) is 2.69. The van der Waals surface area contributed by atoms with Gasteiger partial charge in [0.15, 0.2) is 12.0 Å². The number of methoxy groups -OCH3 is 2. The Morgan fingerprint density at radius 2 is 2.21 bits per heavy atom. The summed E-state index contributed by atoms with van der Waals surface area (Å²) in [6, 6.07) is 0. The molecule has 0 fully saturated rings. The predicted octanol–water partition coefficient (Wildman–Crippen LogP) is -0.117. The molecule has 1 rings (SSSR count). The third-order valence-corrected chi connectivity index (χ3v) is 1.77. The molecule has 0 saturated carbocycles. The summed E-state index contributed by atoms with van der Waals surface area (Å²) in [5.74, 6) is 0. The molecule has 0 radical (unpaired) electrons. The molecule has 0 atom stereocenters. The fourth-order valence-corrected chi connectivity index (χ4v) is 1.08. The molecule has 78 valence electrons. The maximum Gasteiger partial charge on any atom is 0.172 e. The maximum atomic E-state index is 10.6. The highest BCUT2D eigenvalue weighted by atomic mass is 16.5. The minimum absolute atomic E-state index is 0.322. The van der Waals surface area contributed by atoms with Gasteiger partial charge in [-0.2, -0.15) is 0 Å². The van der Waals surface area contributed by atoms with Crippen LogP contribution in [0.5, 0.6) is 0 Å². The molecule has 6 heteroatoms. The Morgan fingerprint density at radius 3 is 2.79 bits per heavy atom. The van der Waals surface area contributed by atoms with E-state index in [1.165, 1.54) is 0 Å². The van der Waals surface area contributed by atoms with Gasteiger partial charge in [-0.3, -0.25) is 4.79 Å². The van der Waals surface area contributed by atoms with Gasteiger partial charge in [0.25, 0.3) is 0 Å². The molecule has 0 N–H and O–H groups in total. The first-order valence-corrected chi connectivity index (χ1v) is 4.19. The van der Waals surface area contributed by atoms with Crippen molar-refractivity contribution < 1.29 is 14.3 Å². The summed E-state index contributed by atoms with van der Waals surface area (Å²) in [5, 5.41) is 7.53. The van der Waals surface area contributed by atoms with Gasteiger partial charge >= 0.3 is 0 Å². The number of aldehydes is 1. The molecular weight excluding hydrogens is 186 g/mol. The number of carbonyl (C=O) groups is 1. The molecule has 0 amide bonds. The Morgan fingerprint density at radius 1 is 1.43 bits per heavy atom. The summed E-state index contributed by atoms with van der Waals surface area (Å²) in [5.41, 5.74) is 1.00. The number of rotatable bonds is 6. The van der Waals surface area contributed by atoms with E-state index >= 15 is 0 Å². The highest BCUT2D eigenvalue weighted by Gasteiger charge is 2.11. The van der Waals surface area contributed by atoms with E-state index in [-0.39, 0.29) is 0 Å². The zero-order valence-corrected chi connectivity index (χ0v) is 8.27. The van der Waals surface area contributed by atoms with Crippen LogP contribution in [0.1, 0.15) is 16.2 Å². The van der Waals surface area contributed by atoms with E-state index in [0.717, 1.165) is 0 Å². The highest BCUT2D eigenvalue weighted by Crippen LogP contribution is 2.04. The van der Waals surface area contributed by atoms with Crippen molar-refractivity contribution >= 4 is 6.29 Å². The summed E-state index contributed by atoms with van der Waals surface area (Å²) in [6.45, 7) is 1.42. The minimum Gasteiger partial charge on any atom is -0.383 e. The molecule has 6 nitrogen and oxygen atoms in total. The van der Waals surface area contributed by atoms with Crippen molar-refractivity contribution in [1.29, 1.82) is 0 Å². The van der Waals surface area contributed by atoms with E-state index in [1.54, 1.807) is 18.9 Å². The Bertz CT molecular complexity index is 298. The second kappa shape index (κ2) is 5.46. The van der Waals surface area contributed by atoms with Crippen molar-refractivity contribution in [2.75, 3.05) is 20.8 Å². The van der Waals surface area contributed by atoms with Crippen LogP contribution >= 0.6 is 0 Å². The van der Waals surface area contributed by atoms with Crippen LogP contribution in [0.4, 0.5) is 0 Å². The lowest BCUT2D eigenvalue weighted by molar-refractivity contribution is 0.111. The molecule has 0 aliphatic heterocycles. The monoisotopic (exact) mass is 199 g/mol. The number of nitrogens with zero attached hydrogens (tertiary/aromatic N) is 3. The van der Waals surface area contributed by atoms with Crippen LogP contribution in [0.2, 0.25) is 0 Å². The van der Waals surface area contributed by atoms with Gasteiger partial charge in [-0.05, 0) is 0 Å². The van der Waals surface area contributed by atoms with Gasteiger partial charge in [-0.25, -0.2) is 4.68 Å². The average molecular weight is 199 g/mol. The largest absolute Gasteiger partial charge is 0.383 e. The van der Waals surface area contributed by atoms with Crippen molar-refractivity contribution in [1.82, 2.24) is 15.0 Å². The number of ether oxygens (including phenoxy) is 2. The van der Waals surface area contributed by atoms with Crippen LogP contribution in [0.15, 0.2) is 0 Å². The van der Waals surface area contributed by atoms with Gasteiger partial charge in [0.05, 0.1) is 25.5 Å². The lowest BCUT2D eigenvalue weighted by Gasteiger charge is -2.04. The number of carbonyl (C=O) groups excluding carboxylic acids is 1. The lowest BCUT2D eigenvalue weighted by atomic mass is 10.3. The molecule has 1 heterocycles. The van der Waals surface area contributed by atoms with Crippen molar-refractivity contribution in [3.63, 3.8) is 0 Å². The Hall–Kier alpha value is -1.27. The van der Waals surface area contributed by atoms with Gasteiger partial charge in [-0.15, -0.1) is 5.10 Å². The SMILES string of the molecule is COCCn1nnc(C=O)c1COC. The first kappa shape index (κ1) is 10.8. The molecule has 0 bridgehead atoms. The molecular formula is C8H13N3O3. The van der Waals surface area contributed by atoms with E-state index in [2.05, 4.69) is 10.3 Å². The van der Waals surface area contributed by atoms with Gasteiger partial charge in [-0.1, -0.05) is 5.21 Å². The zero-order valence-electron chi connectivity index (χ0n) is 8.27. The molecule has 0 aromatic carbocycles. The number of hydrogen-bond acceptors (Lipinski definition) is 5. The molecule has 0 spiro atoms. The zero-order chi connectivity index (χ0) is 10.4. The fraction of sp³-hybridized carbons (Fsp3) is 0.625. The summed E-state index contributed by atoms with van der Waals surface area (Å²) in [4.78, 5) is 10.6. The summed E-state index contributed by atoms with van der Waals surface area (Å²) in [7, 11) is 3.16. The lowest BCUT2D eigenvalue weighted by Crippen LogP contribution is -2.10. The van der Waals surface area contributed by atoms with E-state index in [9.17, 15) is 4.79 Å². The minimum atomic E-state index is 0.322. The van der Waals surface area contributed by atoms with Gasteiger partial charge in [0, 0.05) is 14.2 Å². The van der Waals surface area contributed by atoms with E-state index in [0.29, 0.717) is 37.4 Å². The van der Waals surface area contributed by atoms with E-state index in [4.69, 9.17) is 9.47 Å². The molecule has 14 heavy (non-hydrogen) atoms. The molecule has 0 saturated heterocycles. The van der Waals surface area contributed by atoms with Crippen molar-refractivity contribution in [3.05, 3.63) is 11.4 Å². The maximum absolute atomic E-state index is 10.6.